The molecule has 0 saturated carbocycles. The molecule has 0 radical (unpaired) electrons. The number of nitrogens with two attached hydrogens (primary N) is 2. The summed E-state index contributed by atoms with van der Waals surface area (Å²) in [5.41, 5.74) is 13.4. The molecule has 4 N–H and O–H groups in total. The topological polar surface area (TPSA) is 208 Å². The first-order valence-corrected chi connectivity index (χ1v) is 12.1. The van der Waals surface area contributed by atoms with E-state index in [0.29, 0.717) is 34.9 Å². The van der Waals surface area contributed by atoms with Gasteiger partial charge in [-0.05, 0) is 40.2 Å². The van der Waals surface area contributed by atoms with Crippen LogP contribution in [0.2, 0.25) is 0 Å². The number of fused-ring (bicyclic) bond motifs is 2. The second-order valence-corrected chi connectivity index (χ2v) is 10.7. The third-order valence-electron chi connectivity index (χ3n) is 5.58. The van der Waals surface area contributed by atoms with Gasteiger partial charge in [0.1, 0.15) is 5.69 Å². The number of ether oxygens (including phenoxy) is 2. The van der Waals surface area contributed by atoms with Crippen molar-refractivity contribution >= 4 is 35.8 Å². The van der Waals surface area contributed by atoms with Crippen LogP contribution in [0.1, 0.15) is 80.5 Å². The van der Waals surface area contributed by atoms with Crippen molar-refractivity contribution in [1.82, 2.24) is 39.6 Å². The fraction of sp³-hybridized carbons (Fsp3) is 0.400. The Balaban J connectivity index is 0.000000220. The van der Waals surface area contributed by atoms with Gasteiger partial charge in [0.05, 0.1) is 5.69 Å². The number of rotatable bonds is 6. The zero-order valence-corrected chi connectivity index (χ0v) is 23.2. The number of carbonyl (C=O) groups excluding carboxylic acids is 3. The molecule has 4 aromatic heterocycles. The molecule has 0 aliphatic rings. The summed E-state index contributed by atoms with van der Waals surface area (Å²) in [5, 5.41) is 24.4. The molecule has 0 saturated heterocycles. The summed E-state index contributed by atoms with van der Waals surface area (Å²) in [7, 11) is 0. The van der Waals surface area contributed by atoms with Crippen molar-refractivity contribution in [2.75, 3.05) is 0 Å². The second-order valence-electron chi connectivity index (χ2n) is 10.7. The van der Waals surface area contributed by atoms with Gasteiger partial charge in [0.2, 0.25) is 0 Å². The molecule has 4 aromatic rings. The molecular formula is C25H32N10O5. The summed E-state index contributed by atoms with van der Waals surface area (Å²) in [4.78, 5) is 32.4. The number of primary amides is 2. The molecule has 0 aliphatic heterocycles. The van der Waals surface area contributed by atoms with E-state index in [-0.39, 0.29) is 24.0 Å². The van der Waals surface area contributed by atoms with E-state index in [1.807, 2.05) is 26.8 Å². The van der Waals surface area contributed by atoms with E-state index in [2.05, 4.69) is 62.7 Å². The minimum absolute atomic E-state index is 0.0745. The van der Waals surface area contributed by atoms with Crippen LogP contribution in [0.4, 0.5) is 9.59 Å². The van der Waals surface area contributed by atoms with E-state index in [1.54, 1.807) is 12.1 Å². The maximum Gasteiger partial charge on any atom is 0.404 e. The Morgan fingerprint density at radius 3 is 1.55 bits per heavy atom. The monoisotopic (exact) mass is 552 g/mol. The average Bonchev–Trinajstić information content (AvgIpc) is 3.46. The number of hydrogen-bond acceptors (Lipinski definition) is 11. The van der Waals surface area contributed by atoms with Crippen LogP contribution in [-0.2, 0) is 33.5 Å². The van der Waals surface area contributed by atoms with Crippen LogP contribution in [0.5, 0.6) is 0 Å². The van der Waals surface area contributed by atoms with Gasteiger partial charge in [-0.25, -0.2) is 9.59 Å². The zero-order chi connectivity index (χ0) is 29.8. The molecule has 2 amide bonds. The molecule has 40 heavy (non-hydrogen) atoms. The van der Waals surface area contributed by atoms with E-state index < -0.39 is 12.2 Å². The normalized spacial score (nSPS) is 11.6. The van der Waals surface area contributed by atoms with E-state index in [0.717, 1.165) is 16.8 Å². The predicted molar refractivity (Wildman–Crippen MR) is 143 cm³/mol. The molecule has 212 valence electrons. The van der Waals surface area contributed by atoms with Gasteiger partial charge in [-0.3, -0.25) is 4.79 Å². The van der Waals surface area contributed by atoms with Gasteiger partial charge in [0.15, 0.2) is 42.4 Å². The lowest BCUT2D eigenvalue weighted by molar-refractivity contribution is 0.111. The highest BCUT2D eigenvalue weighted by molar-refractivity contribution is 5.75. The molecule has 0 unspecified atom stereocenters. The molecule has 0 aromatic carbocycles. The van der Waals surface area contributed by atoms with Crippen LogP contribution < -0.4 is 11.5 Å². The van der Waals surface area contributed by atoms with Crippen molar-refractivity contribution in [3.63, 3.8) is 0 Å². The molecule has 15 nitrogen and oxygen atoms in total. The Kier molecular flexibility index (Phi) is 8.46. The van der Waals surface area contributed by atoms with E-state index >= 15 is 0 Å². The third-order valence-corrected chi connectivity index (χ3v) is 5.58. The number of hydrogen-bond donors (Lipinski definition) is 2. The lowest BCUT2D eigenvalue weighted by atomic mass is 9.86. The number of carbonyl (C=O) groups is 3. The SMILES string of the molecule is C=Cc1nn2c(COC(N)=O)nnc2cc1C(C)(C)C.CC(C)(C)c1cc2nnc(COC(N)=O)n2nc1C=O. The molecule has 15 heteroatoms. The Morgan fingerprint density at radius 1 is 0.800 bits per heavy atom. The van der Waals surface area contributed by atoms with Gasteiger partial charge in [-0.1, -0.05) is 48.1 Å². The highest BCUT2D eigenvalue weighted by Crippen LogP contribution is 2.27. The van der Waals surface area contributed by atoms with E-state index in [4.69, 9.17) is 16.2 Å². The maximum absolute atomic E-state index is 11.2. The van der Waals surface area contributed by atoms with Crippen molar-refractivity contribution < 1.29 is 23.9 Å². The van der Waals surface area contributed by atoms with Crippen molar-refractivity contribution in [2.45, 2.75) is 65.6 Å². The average molecular weight is 553 g/mol. The first-order valence-electron chi connectivity index (χ1n) is 12.1. The first-order chi connectivity index (χ1) is 18.6. The summed E-state index contributed by atoms with van der Waals surface area (Å²) >= 11 is 0. The van der Waals surface area contributed by atoms with Gasteiger partial charge >= 0.3 is 12.2 Å². The molecule has 4 rings (SSSR count). The predicted octanol–water partition coefficient (Wildman–Crippen LogP) is 2.49. The highest BCUT2D eigenvalue weighted by Gasteiger charge is 2.22. The van der Waals surface area contributed by atoms with Gasteiger partial charge in [-0.2, -0.15) is 19.2 Å². The van der Waals surface area contributed by atoms with Crippen molar-refractivity contribution in [3.8, 4) is 0 Å². The highest BCUT2D eigenvalue weighted by atomic mass is 16.5. The summed E-state index contributed by atoms with van der Waals surface area (Å²) in [5.74, 6) is 0.699. The van der Waals surface area contributed by atoms with Crippen molar-refractivity contribution in [1.29, 1.82) is 0 Å². The van der Waals surface area contributed by atoms with Gasteiger partial charge < -0.3 is 20.9 Å². The minimum Gasteiger partial charge on any atom is -0.441 e. The Labute approximate surface area is 229 Å². The molecule has 0 spiro atoms. The summed E-state index contributed by atoms with van der Waals surface area (Å²) in [6.07, 6.45) is 0.581. The Hall–Kier alpha value is -4.95. The quantitative estimate of drug-likeness (QED) is 0.332. The molecular weight excluding hydrogens is 520 g/mol. The van der Waals surface area contributed by atoms with Crippen LogP contribution in [0.15, 0.2) is 18.7 Å². The fourth-order valence-electron chi connectivity index (χ4n) is 3.67. The lowest BCUT2D eigenvalue weighted by Crippen LogP contribution is -2.18. The zero-order valence-electron chi connectivity index (χ0n) is 23.2. The van der Waals surface area contributed by atoms with Crippen LogP contribution in [0.25, 0.3) is 17.4 Å². The largest absolute Gasteiger partial charge is 0.441 e. The van der Waals surface area contributed by atoms with Crippen LogP contribution in [0, 0.1) is 0 Å². The van der Waals surface area contributed by atoms with Gasteiger partial charge in [-0.15, -0.1) is 20.4 Å². The third kappa shape index (κ3) is 6.73. The molecule has 0 fully saturated rings. The standard InChI is InChI=1S/C13H17N5O2.C12H15N5O3/c1-5-9-8(13(2,3)4)6-10-15-16-11(18(10)17-9)7-20-12(14)19;1-12(2,3)7-4-9-14-15-10(6-20-11(13)19)17(9)16-8(7)5-18/h5-6H,1,7H2,2-4H3,(H2,14,19);4-5H,6H2,1-3H3,(H2,13,19). The van der Waals surface area contributed by atoms with E-state index in [9.17, 15) is 14.4 Å². The second kappa shape index (κ2) is 11.4. The molecule has 4 heterocycles. The smallest absolute Gasteiger partial charge is 0.404 e. The number of amides is 2. The Bertz CT molecular complexity index is 1460. The number of aldehydes is 1. The van der Waals surface area contributed by atoms with E-state index in [1.165, 1.54) is 9.03 Å². The van der Waals surface area contributed by atoms with Crippen molar-refractivity contribution in [3.05, 3.63) is 52.9 Å². The maximum atomic E-state index is 11.2. The number of nitrogens with zero attached hydrogens (tertiary/aromatic N) is 8. The van der Waals surface area contributed by atoms with Crippen LogP contribution in [-0.4, -0.2) is 58.1 Å². The summed E-state index contributed by atoms with van der Waals surface area (Å²) in [6, 6.07) is 3.66. The van der Waals surface area contributed by atoms with Crippen molar-refractivity contribution in [2.24, 2.45) is 11.5 Å². The summed E-state index contributed by atoms with van der Waals surface area (Å²) < 4.78 is 12.3. The summed E-state index contributed by atoms with van der Waals surface area (Å²) in [6.45, 7) is 15.7. The minimum atomic E-state index is -0.913. The molecule has 0 bridgehead atoms. The first kappa shape index (κ1) is 29.6. The Morgan fingerprint density at radius 2 is 1.20 bits per heavy atom. The molecule has 0 aliphatic carbocycles. The van der Waals surface area contributed by atoms with Crippen LogP contribution >= 0.6 is 0 Å². The fourth-order valence-corrected chi connectivity index (χ4v) is 3.67. The van der Waals surface area contributed by atoms with Gasteiger partial charge in [0.25, 0.3) is 0 Å². The number of aromatic nitrogens is 8. The molecule has 0 atom stereocenters. The van der Waals surface area contributed by atoms with Crippen LogP contribution in [0.3, 0.4) is 0 Å². The lowest BCUT2D eigenvalue weighted by Gasteiger charge is -2.20. The van der Waals surface area contributed by atoms with Gasteiger partial charge in [0, 0.05) is 0 Å².